The van der Waals surface area contributed by atoms with E-state index in [-0.39, 0.29) is 5.75 Å². The number of ether oxygens (including phenoxy) is 1. The molecule has 2 rings (SSSR count). The van der Waals surface area contributed by atoms with Crippen LogP contribution in [-0.2, 0) is 0 Å². The van der Waals surface area contributed by atoms with Gasteiger partial charge in [0.1, 0.15) is 5.75 Å². The van der Waals surface area contributed by atoms with Crippen molar-refractivity contribution in [2.75, 3.05) is 0 Å². The lowest BCUT2D eigenvalue weighted by molar-refractivity contribution is -0.274. The van der Waals surface area contributed by atoms with Crippen LogP contribution in [-0.4, -0.2) is 11.3 Å². The third-order valence-corrected chi connectivity index (χ3v) is 2.45. The Bertz CT molecular complexity index is 527. The van der Waals surface area contributed by atoms with Crippen molar-refractivity contribution >= 4 is 33.5 Å². The van der Waals surface area contributed by atoms with Gasteiger partial charge in [0.15, 0.2) is 0 Å². The summed E-state index contributed by atoms with van der Waals surface area (Å²) in [7, 11) is 0. The number of fused-ring (bicyclic) bond motifs is 1. The maximum Gasteiger partial charge on any atom is 0.573 e. The molecule has 16 heavy (non-hydrogen) atoms. The summed E-state index contributed by atoms with van der Waals surface area (Å²) in [4.78, 5) is 4.02. The molecule has 0 fully saturated rings. The molecule has 0 aliphatic rings. The highest BCUT2D eigenvalue weighted by atomic mass is 127. The van der Waals surface area contributed by atoms with E-state index in [1.54, 1.807) is 12.3 Å². The van der Waals surface area contributed by atoms with Gasteiger partial charge in [-0.3, -0.25) is 4.98 Å². The van der Waals surface area contributed by atoms with Gasteiger partial charge >= 0.3 is 6.36 Å². The summed E-state index contributed by atoms with van der Waals surface area (Å²) >= 11 is 2.08. The quantitative estimate of drug-likeness (QED) is 0.739. The molecule has 0 bridgehead atoms. The first-order chi connectivity index (χ1) is 7.44. The molecule has 6 heteroatoms. The molecule has 0 atom stereocenters. The number of alkyl halides is 3. The highest BCUT2D eigenvalue weighted by Crippen LogP contribution is 2.26. The van der Waals surface area contributed by atoms with Gasteiger partial charge in [0, 0.05) is 21.2 Å². The standard InChI is InChI=1S/C10H5F3INO/c11-10(12,13)16-8-2-1-6-3-7(14)5-15-9(6)4-8/h1-5H. The molecule has 1 aromatic heterocycles. The van der Waals surface area contributed by atoms with Crippen LogP contribution < -0.4 is 4.74 Å². The summed E-state index contributed by atoms with van der Waals surface area (Å²) in [6.45, 7) is 0. The van der Waals surface area contributed by atoms with E-state index < -0.39 is 6.36 Å². The van der Waals surface area contributed by atoms with Gasteiger partial charge in [-0.05, 0) is 40.8 Å². The number of nitrogens with zero attached hydrogens (tertiary/aromatic N) is 1. The number of pyridine rings is 1. The average Bonchev–Trinajstić information content (AvgIpc) is 2.16. The van der Waals surface area contributed by atoms with E-state index in [0.29, 0.717) is 5.52 Å². The number of benzene rings is 1. The zero-order valence-electron chi connectivity index (χ0n) is 7.75. The molecule has 84 valence electrons. The molecule has 0 amide bonds. The van der Waals surface area contributed by atoms with Crippen LogP contribution in [0.1, 0.15) is 0 Å². The van der Waals surface area contributed by atoms with Crippen LogP contribution in [0.25, 0.3) is 10.9 Å². The van der Waals surface area contributed by atoms with Gasteiger partial charge in [-0.1, -0.05) is 0 Å². The Balaban J connectivity index is 2.41. The smallest absolute Gasteiger partial charge is 0.406 e. The molecule has 0 aliphatic carbocycles. The Morgan fingerprint density at radius 1 is 1.19 bits per heavy atom. The topological polar surface area (TPSA) is 22.1 Å². The van der Waals surface area contributed by atoms with Crippen LogP contribution in [0.3, 0.4) is 0 Å². The van der Waals surface area contributed by atoms with Crippen LogP contribution in [0.2, 0.25) is 0 Å². The minimum absolute atomic E-state index is 0.256. The van der Waals surface area contributed by atoms with E-state index in [1.165, 1.54) is 12.1 Å². The molecule has 0 unspecified atom stereocenters. The first-order valence-corrected chi connectivity index (χ1v) is 5.33. The molecule has 0 saturated carbocycles. The molecule has 0 aliphatic heterocycles. The van der Waals surface area contributed by atoms with E-state index in [9.17, 15) is 13.2 Å². The van der Waals surface area contributed by atoms with E-state index >= 15 is 0 Å². The lowest BCUT2D eigenvalue weighted by atomic mass is 10.2. The van der Waals surface area contributed by atoms with Gasteiger partial charge in [0.05, 0.1) is 5.52 Å². The molecule has 0 spiro atoms. The maximum absolute atomic E-state index is 12.0. The Kier molecular flexibility index (Phi) is 2.92. The minimum Gasteiger partial charge on any atom is -0.406 e. The van der Waals surface area contributed by atoms with Crippen molar-refractivity contribution in [2.24, 2.45) is 0 Å². The average molecular weight is 339 g/mol. The lowest BCUT2D eigenvalue weighted by Crippen LogP contribution is -2.17. The van der Waals surface area contributed by atoms with Crippen molar-refractivity contribution in [2.45, 2.75) is 6.36 Å². The second kappa shape index (κ2) is 4.08. The predicted octanol–water partition coefficient (Wildman–Crippen LogP) is 3.74. The molecule has 2 nitrogen and oxygen atoms in total. The minimum atomic E-state index is -4.67. The fraction of sp³-hybridized carbons (Fsp3) is 0.100. The number of halogens is 4. The number of rotatable bonds is 1. The third kappa shape index (κ3) is 2.75. The highest BCUT2D eigenvalue weighted by molar-refractivity contribution is 14.1. The van der Waals surface area contributed by atoms with Gasteiger partial charge in [0.25, 0.3) is 0 Å². The third-order valence-electron chi connectivity index (χ3n) is 1.86. The summed E-state index contributed by atoms with van der Waals surface area (Å²) in [5, 5.41) is 0.779. The lowest BCUT2D eigenvalue weighted by Gasteiger charge is -2.09. The number of hydrogen-bond acceptors (Lipinski definition) is 2. The van der Waals surface area contributed by atoms with Gasteiger partial charge in [-0.25, -0.2) is 0 Å². The zero-order chi connectivity index (χ0) is 11.8. The van der Waals surface area contributed by atoms with Crippen molar-refractivity contribution < 1.29 is 17.9 Å². The Morgan fingerprint density at radius 3 is 2.62 bits per heavy atom. The second-order valence-corrected chi connectivity index (χ2v) is 4.30. The molecule has 1 heterocycles. The monoisotopic (exact) mass is 339 g/mol. The molecule has 1 aromatic carbocycles. The Hall–Kier alpha value is -1.05. The molecule has 0 N–H and O–H groups in total. The number of hydrogen-bond donors (Lipinski definition) is 0. The summed E-state index contributed by atoms with van der Waals surface area (Å²) in [6.07, 6.45) is -3.09. The second-order valence-electron chi connectivity index (χ2n) is 3.06. The zero-order valence-corrected chi connectivity index (χ0v) is 9.91. The van der Waals surface area contributed by atoms with Crippen LogP contribution >= 0.6 is 22.6 Å². The normalized spacial score (nSPS) is 11.8. The summed E-state index contributed by atoms with van der Waals surface area (Å²) in [5.74, 6) is -0.256. The van der Waals surface area contributed by atoms with Crippen molar-refractivity contribution in [1.29, 1.82) is 0 Å². The van der Waals surface area contributed by atoms with Crippen LogP contribution in [0.4, 0.5) is 13.2 Å². The Labute approximate surface area is 103 Å². The van der Waals surface area contributed by atoms with Gasteiger partial charge in [0.2, 0.25) is 0 Å². The molecule has 2 aromatic rings. The Morgan fingerprint density at radius 2 is 1.94 bits per heavy atom. The molecule has 0 radical (unpaired) electrons. The summed E-state index contributed by atoms with van der Waals surface area (Å²) in [6, 6.07) is 5.91. The van der Waals surface area contributed by atoms with Crippen LogP contribution in [0.15, 0.2) is 30.5 Å². The van der Waals surface area contributed by atoms with E-state index in [0.717, 1.165) is 8.96 Å². The first-order valence-electron chi connectivity index (χ1n) is 4.25. The van der Waals surface area contributed by atoms with Crippen molar-refractivity contribution in [3.8, 4) is 5.75 Å². The van der Waals surface area contributed by atoms with Gasteiger partial charge < -0.3 is 4.74 Å². The highest BCUT2D eigenvalue weighted by Gasteiger charge is 2.31. The summed E-state index contributed by atoms with van der Waals surface area (Å²) in [5.41, 5.74) is 0.474. The molecular formula is C10H5F3INO. The van der Waals surface area contributed by atoms with Crippen molar-refractivity contribution in [1.82, 2.24) is 4.98 Å². The van der Waals surface area contributed by atoms with E-state index in [4.69, 9.17) is 0 Å². The fourth-order valence-corrected chi connectivity index (χ4v) is 1.75. The SMILES string of the molecule is FC(F)(F)Oc1ccc2cc(I)cnc2c1. The van der Waals surface area contributed by atoms with Gasteiger partial charge in [-0.2, -0.15) is 0 Å². The fourth-order valence-electron chi connectivity index (χ4n) is 1.27. The van der Waals surface area contributed by atoms with E-state index in [1.807, 2.05) is 6.07 Å². The van der Waals surface area contributed by atoms with E-state index in [2.05, 4.69) is 32.3 Å². The number of aromatic nitrogens is 1. The predicted molar refractivity (Wildman–Crippen MR) is 61.1 cm³/mol. The van der Waals surface area contributed by atoms with Crippen LogP contribution in [0.5, 0.6) is 5.75 Å². The maximum atomic E-state index is 12.0. The summed E-state index contributed by atoms with van der Waals surface area (Å²) < 4.78 is 40.6. The first kappa shape index (κ1) is 11.4. The largest absolute Gasteiger partial charge is 0.573 e. The van der Waals surface area contributed by atoms with Gasteiger partial charge in [-0.15, -0.1) is 13.2 Å². The van der Waals surface area contributed by atoms with Crippen LogP contribution in [0, 0.1) is 3.57 Å². The van der Waals surface area contributed by atoms with Crippen molar-refractivity contribution in [3.63, 3.8) is 0 Å². The van der Waals surface area contributed by atoms with Crippen molar-refractivity contribution in [3.05, 3.63) is 34.0 Å². The molecular weight excluding hydrogens is 334 g/mol. The molecule has 0 saturated heterocycles.